The number of hydrogen-bond donors (Lipinski definition) is 1. The molecule has 3 aliphatic rings. The van der Waals surface area contributed by atoms with Crippen LogP contribution in [0.4, 0.5) is 13.8 Å². The highest BCUT2D eigenvalue weighted by Crippen LogP contribution is 2.43. The van der Waals surface area contributed by atoms with Crippen molar-refractivity contribution in [2.24, 2.45) is 4.99 Å². The molecule has 6 nitrogen and oxygen atoms in total. The van der Waals surface area contributed by atoms with Gasteiger partial charge in [0.2, 0.25) is 0 Å². The molecule has 0 bridgehead atoms. The molecule has 2 aromatic carbocycles. The zero-order chi connectivity index (χ0) is 33.8. The molecule has 4 atom stereocenters. The van der Waals surface area contributed by atoms with Gasteiger partial charge in [0, 0.05) is 52.9 Å². The average Bonchev–Trinajstić information content (AvgIpc) is 3.68. The van der Waals surface area contributed by atoms with Crippen LogP contribution in [-0.2, 0) is 4.74 Å². The number of nitriles is 1. The van der Waals surface area contributed by atoms with Gasteiger partial charge >= 0.3 is 0 Å². The van der Waals surface area contributed by atoms with Crippen LogP contribution in [0.5, 0.6) is 0 Å². The van der Waals surface area contributed by atoms with Crippen LogP contribution in [-0.4, -0.2) is 66.7 Å². The van der Waals surface area contributed by atoms with Crippen LogP contribution in [0.25, 0.3) is 21.2 Å². The van der Waals surface area contributed by atoms with E-state index in [0.717, 1.165) is 90.2 Å². The van der Waals surface area contributed by atoms with Crippen molar-refractivity contribution < 1.29 is 13.5 Å². The zero-order valence-corrected chi connectivity index (χ0v) is 30.4. The number of amidine groups is 1. The van der Waals surface area contributed by atoms with Crippen LogP contribution < -0.4 is 11.0 Å². The van der Waals surface area contributed by atoms with E-state index in [9.17, 15) is 14.0 Å². The van der Waals surface area contributed by atoms with Crippen LogP contribution >= 0.6 is 32.2 Å². The van der Waals surface area contributed by atoms with Gasteiger partial charge in [-0.3, -0.25) is 4.90 Å². The van der Waals surface area contributed by atoms with Gasteiger partial charge in [-0.05, 0) is 87.5 Å². The lowest BCUT2D eigenvalue weighted by molar-refractivity contribution is 0.0768. The molecule has 0 saturated carbocycles. The van der Waals surface area contributed by atoms with Crippen LogP contribution in [0.15, 0.2) is 35.0 Å². The first-order chi connectivity index (χ1) is 22.6. The third kappa shape index (κ3) is 8.06. The molecule has 6 rings (SSSR count). The second-order valence-corrected chi connectivity index (χ2v) is 14.6. The van der Waals surface area contributed by atoms with Gasteiger partial charge in [-0.1, -0.05) is 45.0 Å². The van der Waals surface area contributed by atoms with E-state index in [1.54, 1.807) is 6.07 Å². The standard InChI is InChI=1S/C29H33ClFN4OPS.C7H12FN.CH4/c1-5-7-18(6-2)34-29(35-11-10-16(3)36-13-12-35)20-14-22(30)25(26(37)17(20)4)19-8-9-23(31)27-24(19)21(15-32)28(33)38-27;8-6-4-7-2-1-3-9(7)5-6;/h7-9,14,16H,5-6,10-13,33,37H2,1-4H3;6-7H,1-5H2;1H4/b18-7+,34-29?;;. The Bertz CT molecular complexity index is 1710. The summed E-state index contributed by atoms with van der Waals surface area (Å²) in [5.74, 6) is 0.471. The van der Waals surface area contributed by atoms with Gasteiger partial charge in [-0.2, -0.15) is 5.26 Å². The molecule has 0 aliphatic carbocycles. The Morgan fingerprint density at radius 1 is 1.27 bits per heavy atom. The molecule has 0 radical (unpaired) electrons. The van der Waals surface area contributed by atoms with Gasteiger partial charge in [0.1, 0.15) is 28.9 Å². The van der Waals surface area contributed by atoms with Crippen molar-refractivity contribution in [3.05, 3.63) is 57.5 Å². The topological polar surface area (TPSA) is 77.9 Å². The highest BCUT2D eigenvalue weighted by molar-refractivity contribution is 7.28. The summed E-state index contributed by atoms with van der Waals surface area (Å²) in [6, 6.07) is 7.81. The van der Waals surface area contributed by atoms with Gasteiger partial charge in [0.25, 0.3) is 0 Å². The second-order valence-electron chi connectivity index (χ2n) is 12.5. The molecule has 3 aromatic rings. The number of fused-ring (bicyclic) bond motifs is 2. The number of allylic oxidation sites excluding steroid dienone is 2. The number of nitrogen functional groups attached to an aromatic ring is 1. The molecule has 3 aliphatic heterocycles. The fraction of sp³-hybridized carbons (Fsp3) is 0.514. The third-order valence-corrected chi connectivity index (χ3v) is 11.5. The van der Waals surface area contributed by atoms with Crippen molar-refractivity contribution >= 4 is 58.4 Å². The van der Waals surface area contributed by atoms with Crippen molar-refractivity contribution in [2.75, 3.05) is 38.5 Å². The van der Waals surface area contributed by atoms with Crippen LogP contribution in [0.2, 0.25) is 5.02 Å². The molecule has 0 amide bonds. The van der Waals surface area contributed by atoms with Crippen molar-refractivity contribution in [3.8, 4) is 17.2 Å². The molecule has 3 saturated heterocycles. The summed E-state index contributed by atoms with van der Waals surface area (Å²) in [5.41, 5.74) is 10.8. The minimum absolute atomic E-state index is 0. The summed E-state index contributed by atoms with van der Waals surface area (Å²) < 4.78 is 33.6. The minimum atomic E-state index is -0.518. The summed E-state index contributed by atoms with van der Waals surface area (Å²) in [6.07, 6.45) is 7.79. The van der Waals surface area contributed by atoms with Gasteiger partial charge < -0.3 is 15.4 Å². The van der Waals surface area contributed by atoms with Crippen LogP contribution in [0, 0.1) is 24.1 Å². The third-order valence-electron chi connectivity index (χ3n) is 9.41. The maximum atomic E-state index is 14.7. The van der Waals surface area contributed by atoms with Gasteiger partial charge in [-0.25, -0.2) is 13.8 Å². The van der Waals surface area contributed by atoms with E-state index in [0.29, 0.717) is 44.9 Å². The second kappa shape index (κ2) is 16.9. The van der Waals surface area contributed by atoms with E-state index < -0.39 is 12.0 Å². The Morgan fingerprint density at radius 3 is 2.73 bits per heavy atom. The molecule has 0 spiro atoms. The number of ether oxygens (including phenoxy) is 1. The first-order valence-corrected chi connectivity index (χ1v) is 18.4. The minimum Gasteiger partial charge on any atom is -0.389 e. The number of anilines is 1. The Labute approximate surface area is 296 Å². The number of halogens is 3. The quantitative estimate of drug-likeness (QED) is 0.162. The van der Waals surface area contributed by atoms with E-state index >= 15 is 0 Å². The Morgan fingerprint density at radius 2 is 2.04 bits per heavy atom. The Kier molecular flexibility index (Phi) is 13.4. The number of hydrogen-bond acceptors (Lipinski definition) is 6. The lowest BCUT2D eigenvalue weighted by Gasteiger charge is -2.27. The maximum absolute atomic E-state index is 14.7. The largest absolute Gasteiger partial charge is 0.389 e. The number of nitrogens with zero attached hydrogens (tertiary/aromatic N) is 4. The lowest BCUT2D eigenvalue weighted by Crippen LogP contribution is -2.35. The van der Waals surface area contributed by atoms with Crippen molar-refractivity contribution in [1.29, 1.82) is 5.26 Å². The molecular weight excluding hydrogens is 667 g/mol. The molecule has 11 heteroatoms. The fourth-order valence-electron chi connectivity index (χ4n) is 6.86. The van der Waals surface area contributed by atoms with Gasteiger partial charge in [0.15, 0.2) is 0 Å². The van der Waals surface area contributed by atoms with E-state index in [2.05, 4.69) is 52.0 Å². The van der Waals surface area contributed by atoms with Crippen molar-refractivity contribution in [1.82, 2.24) is 9.80 Å². The average molecular weight is 716 g/mol. The van der Waals surface area contributed by atoms with E-state index in [4.69, 9.17) is 27.1 Å². The SMILES string of the molecule is C.CC/C=C(\CC)N=C(c1cc(Cl)c(-c2ccc(F)c3sc(N)c(C#N)c23)c(P)c1C)N1CCOC(C)CC1.FC1CC2CCCN2C1. The number of benzene rings is 2. The molecular formula is C37H49ClF2N5OPS. The highest BCUT2D eigenvalue weighted by Gasteiger charge is 2.34. The number of rotatable bonds is 5. The summed E-state index contributed by atoms with van der Waals surface area (Å²) in [7, 11) is 2.81. The number of aliphatic imine (C=N–C) groups is 1. The summed E-state index contributed by atoms with van der Waals surface area (Å²) in [4.78, 5) is 9.72. The van der Waals surface area contributed by atoms with Crippen molar-refractivity contribution in [2.45, 2.75) is 92.0 Å². The van der Waals surface area contributed by atoms with Crippen LogP contribution in [0.3, 0.4) is 0 Å². The smallest absolute Gasteiger partial charge is 0.141 e. The fourth-order valence-corrected chi connectivity index (χ4v) is 8.68. The predicted octanol–water partition coefficient (Wildman–Crippen LogP) is 9.01. The van der Waals surface area contributed by atoms with Crippen LogP contribution in [0.1, 0.15) is 83.4 Å². The monoisotopic (exact) mass is 715 g/mol. The highest BCUT2D eigenvalue weighted by atomic mass is 35.5. The Balaban J connectivity index is 0.000000444. The first-order valence-electron chi connectivity index (χ1n) is 16.6. The Hall–Kier alpha value is -2.60. The zero-order valence-electron chi connectivity index (χ0n) is 27.7. The number of nitrogens with two attached hydrogens (primary N) is 1. The molecule has 4 unspecified atom stereocenters. The predicted molar refractivity (Wildman–Crippen MR) is 203 cm³/mol. The molecule has 1 aromatic heterocycles. The number of thiophene rings is 1. The van der Waals surface area contributed by atoms with E-state index in [1.165, 1.54) is 18.9 Å². The normalized spacial score (nSPS) is 21.7. The summed E-state index contributed by atoms with van der Waals surface area (Å²) in [6.45, 7) is 12.4. The summed E-state index contributed by atoms with van der Waals surface area (Å²) in [5, 5.41) is 12.0. The molecule has 260 valence electrons. The number of alkyl halides is 1. The molecule has 48 heavy (non-hydrogen) atoms. The summed E-state index contributed by atoms with van der Waals surface area (Å²) >= 11 is 8.11. The van der Waals surface area contributed by atoms with Gasteiger partial charge in [-0.15, -0.1) is 20.6 Å². The van der Waals surface area contributed by atoms with E-state index in [1.807, 2.05) is 13.0 Å². The maximum Gasteiger partial charge on any atom is 0.141 e. The molecule has 4 heterocycles. The molecule has 3 fully saturated rings. The molecule has 2 N–H and O–H groups in total. The van der Waals surface area contributed by atoms with Gasteiger partial charge in [0.05, 0.1) is 23.0 Å². The van der Waals surface area contributed by atoms with E-state index in [-0.39, 0.29) is 19.1 Å². The van der Waals surface area contributed by atoms with Crippen molar-refractivity contribution in [3.63, 3.8) is 0 Å². The first kappa shape index (κ1) is 38.2. The lowest BCUT2D eigenvalue weighted by atomic mass is 9.94.